The van der Waals surface area contributed by atoms with Crippen molar-refractivity contribution in [2.45, 2.75) is 6.92 Å². The molecule has 0 N–H and O–H groups in total. The quantitative estimate of drug-likeness (QED) is 0.574. The van der Waals surface area contributed by atoms with Crippen LogP contribution in [0, 0.1) is 0 Å². The van der Waals surface area contributed by atoms with Crippen LogP contribution in [0.4, 0.5) is 0 Å². The molecular formula is C11H11ClOS. The van der Waals surface area contributed by atoms with Crippen molar-refractivity contribution in [3.8, 4) is 0 Å². The first-order valence-electron chi connectivity index (χ1n) is 4.33. The molecule has 0 aliphatic carbocycles. The maximum atomic E-state index is 5.75. The maximum absolute atomic E-state index is 5.75. The smallest absolute Gasteiger partial charge is 0.183 e. The molecule has 0 bridgehead atoms. The predicted molar refractivity (Wildman–Crippen MR) is 64.7 cm³/mol. The highest BCUT2D eigenvalue weighted by atomic mass is 35.5. The van der Waals surface area contributed by atoms with E-state index in [9.17, 15) is 0 Å². The number of benzene rings is 1. The average Bonchev–Trinajstić information content (AvgIpc) is 2.17. The molecule has 74 valence electrons. The summed E-state index contributed by atoms with van der Waals surface area (Å²) in [4.78, 5) is 0. The minimum absolute atomic E-state index is 0.502. The molecule has 1 aromatic carbocycles. The van der Waals surface area contributed by atoms with Crippen LogP contribution in [-0.2, 0) is 4.74 Å². The van der Waals surface area contributed by atoms with Crippen LogP contribution in [-0.4, -0.2) is 11.7 Å². The first kappa shape index (κ1) is 11.2. The summed E-state index contributed by atoms with van der Waals surface area (Å²) in [5, 5.41) is 1.23. The maximum Gasteiger partial charge on any atom is 0.183 e. The van der Waals surface area contributed by atoms with Gasteiger partial charge < -0.3 is 4.74 Å². The lowest BCUT2D eigenvalue weighted by Crippen LogP contribution is -1.95. The van der Waals surface area contributed by atoms with Crippen molar-refractivity contribution < 1.29 is 4.74 Å². The molecule has 1 nitrogen and oxygen atoms in total. The molecule has 0 fully saturated rings. The highest BCUT2D eigenvalue weighted by molar-refractivity contribution is 7.80. The lowest BCUT2D eigenvalue weighted by molar-refractivity contribution is 0.339. The van der Waals surface area contributed by atoms with Crippen molar-refractivity contribution >= 4 is 34.9 Å². The number of hydrogen-bond acceptors (Lipinski definition) is 2. The van der Waals surface area contributed by atoms with Gasteiger partial charge in [0.2, 0.25) is 0 Å². The van der Waals surface area contributed by atoms with Crippen LogP contribution in [0.2, 0.25) is 5.02 Å². The molecule has 0 aliphatic rings. The van der Waals surface area contributed by atoms with Crippen LogP contribution < -0.4 is 0 Å². The molecule has 3 heteroatoms. The van der Waals surface area contributed by atoms with Crippen molar-refractivity contribution in [1.29, 1.82) is 0 Å². The lowest BCUT2D eigenvalue weighted by Gasteiger charge is -1.98. The van der Waals surface area contributed by atoms with E-state index in [-0.39, 0.29) is 0 Å². The predicted octanol–water partition coefficient (Wildman–Crippen LogP) is 3.72. The number of ether oxygens (including phenoxy) is 1. The Kier molecular flexibility index (Phi) is 4.63. The van der Waals surface area contributed by atoms with Gasteiger partial charge in [0, 0.05) is 5.02 Å². The van der Waals surface area contributed by atoms with Gasteiger partial charge in [-0.1, -0.05) is 29.8 Å². The van der Waals surface area contributed by atoms with E-state index in [4.69, 9.17) is 28.6 Å². The lowest BCUT2D eigenvalue weighted by atomic mass is 10.2. The summed E-state index contributed by atoms with van der Waals surface area (Å²) in [5.41, 5.74) is 1.05. The number of halogens is 1. The van der Waals surface area contributed by atoms with Gasteiger partial charge in [-0.25, -0.2) is 0 Å². The van der Waals surface area contributed by atoms with E-state index in [1.807, 2.05) is 37.3 Å². The molecule has 0 saturated heterocycles. The summed E-state index contributed by atoms with van der Waals surface area (Å²) in [6.07, 6.45) is 3.66. The molecule has 0 saturated carbocycles. The van der Waals surface area contributed by atoms with Gasteiger partial charge in [-0.3, -0.25) is 0 Å². The third kappa shape index (κ3) is 3.90. The molecule has 1 aromatic rings. The fraction of sp³-hybridized carbons (Fsp3) is 0.182. The van der Waals surface area contributed by atoms with Gasteiger partial charge in [-0.15, -0.1) is 0 Å². The molecule has 0 unspecified atom stereocenters. The van der Waals surface area contributed by atoms with E-state index in [0.717, 1.165) is 10.6 Å². The first-order chi connectivity index (χ1) is 6.72. The van der Waals surface area contributed by atoms with Crippen molar-refractivity contribution in [2.24, 2.45) is 0 Å². The highest BCUT2D eigenvalue weighted by Crippen LogP contribution is 2.10. The largest absolute Gasteiger partial charge is 0.484 e. The second kappa shape index (κ2) is 5.78. The second-order valence-corrected chi connectivity index (χ2v) is 3.48. The van der Waals surface area contributed by atoms with Crippen molar-refractivity contribution in [3.05, 3.63) is 40.9 Å². The zero-order chi connectivity index (χ0) is 10.4. The molecule has 14 heavy (non-hydrogen) atoms. The normalized spacial score (nSPS) is 10.4. The third-order valence-electron chi connectivity index (χ3n) is 1.57. The molecule has 0 aromatic heterocycles. The van der Waals surface area contributed by atoms with E-state index < -0.39 is 0 Å². The van der Waals surface area contributed by atoms with E-state index in [1.165, 1.54) is 0 Å². The number of rotatable bonds is 3. The molecule has 0 radical (unpaired) electrons. The zero-order valence-electron chi connectivity index (χ0n) is 7.87. The van der Waals surface area contributed by atoms with Crippen LogP contribution in [0.1, 0.15) is 12.5 Å². The van der Waals surface area contributed by atoms with Crippen molar-refractivity contribution in [2.75, 3.05) is 6.61 Å². The third-order valence-corrected chi connectivity index (χ3v) is 2.07. The minimum Gasteiger partial charge on any atom is -0.484 e. The van der Waals surface area contributed by atoms with E-state index in [2.05, 4.69) is 0 Å². The van der Waals surface area contributed by atoms with E-state index in [1.54, 1.807) is 6.08 Å². The van der Waals surface area contributed by atoms with Crippen molar-refractivity contribution in [1.82, 2.24) is 0 Å². The standard InChI is InChI=1S/C11H11ClOS/c1-2-13-11(14)8-5-9-3-6-10(12)7-4-9/h3-8H,2H2,1H3/b8-5+. The number of thiocarbonyl (C=S) groups is 1. The van der Waals surface area contributed by atoms with Crippen molar-refractivity contribution in [3.63, 3.8) is 0 Å². The second-order valence-electron chi connectivity index (χ2n) is 2.64. The van der Waals surface area contributed by atoms with Gasteiger partial charge in [0.15, 0.2) is 5.05 Å². The summed E-state index contributed by atoms with van der Waals surface area (Å²) in [6.45, 7) is 2.51. The molecule has 0 aliphatic heterocycles. The Hall–Kier alpha value is -0.860. The van der Waals surface area contributed by atoms with Gasteiger partial charge in [0.1, 0.15) is 0 Å². The van der Waals surface area contributed by atoms with Gasteiger partial charge >= 0.3 is 0 Å². The summed E-state index contributed by atoms with van der Waals surface area (Å²) < 4.78 is 5.11. The van der Waals surface area contributed by atoms with Crippen LogP contribution in [0.5, 0.6) is 0 Å². The zero-order valence-corrected chi connectivity index (χ0v) is 9.44. The van der Waals surface area contributed by atoms with Crippen LogP contribution in [0.3, 0.4) is 0 Å². The highest BCUT2D eigenvalue weighted by Gasteiger charge is 1.90. The molecule has 1 rings (SSSR count). The fourth-order valence-electron chi connectivity index (χ4n) is 0.929. The Morgan fingerprint density at radius 1 is 1.43 bits per heavy atom. The van der Waals surface area contributed by atoms with Crippen LogP contribution in [0.15, 0.2) is 30.3 Å². The average molecular weight is 227 g/mol. The summed E-state index contributed by atoms with van der Waals surface area (Å²) in [6, 6.07) is 7.52. The molecule has 0 atom stereocenters. The van der Waals surface area contributed by atoms with Gasteiger partial charge in [-0.2, -0.15) is 0 Å². The van der Waals surface area contributed by atoms with Gasteiger partial charge in [0.25, 0.3) is 0 Å². The Labute approximate surface area is 94.3 Å². The van der Waals surface area contributed by atoms with Crippen LogP contribution >= 0.6 is 23.8 Å². The number of hydrogen-bond donors (Lipinski definition) is 0. The van der Waals surface area contributed by atoms with Gasteiger partial charge in [-0.05, 0) is 42.9 Å². The topological polar surface area (TPSA) is 9.23 Å². The Bertz CT molecular complexity index is 330. The summed E-state index contributed by atoms with van der Waals surface area (Å²) >= 11 is 10.7. The Morgan fingerprint density at radius 3 is 2.64 bits per heavy atom. The molecular weight excluding hydrogens is 216 g/mol. The Balaban J connectivity index is 2.60. The molecule has 0 amide bonds. The fourth-order valence-corrected chi connectivity index (χ4v) is 1.24. The molecule has 0 heterocycles. The monoisotopic (exact) mass is 226 g/mol. The van der Waals surface area contributed by atoms with Gasteiger partial charge in [0.05, 0.1) is 6.61 Å². The first-order valence-corrected chi connectivity index (χ1v) is 5.11. The minimum atomic E-state index is 0.502. The van der Waals surface area contributed by atoms with Crippen LogP contribution in [0.25, 0.3) is 6.08 Å². The van der Waals surface area contributed by atoms with E-state index in [0.29, 0.717) is 11.7 Å². The molecule has 0 spiro atoms. The SMILES string of the molecule is CCOC(=S)/C=C/c1ccc(Cl)cc1. The summed E-state index contributed by atoms with van der Waals surface area (Å²) in [7, 11) is 0. The van der Waals surface area contributed by atoms with E-state index >= 15 is 0 Å². The Morgan fingerprint density at radius 2 is 2.07 bits per heavy atom. The summed E-state index contributed by atoms with van der Waals surface area (Å²) in [5.74, 6) is 0.